The first-order valence-corrected chi connectivity index (χ1v) is 8.92. The highest BCUT2D eigenvalue weighted by atomic mass is 32.1. The number of hydrogen-bond acceptors (Lipinski definition) is 5. The molecule has 0 unspecified atom stereocenters. The summed E-state index contributed by atoms with van der Waals surface area (Å²) in [6.45, 7) is 8.75. The molecule has 6 heteroatoms. The molecule has 0 N–H and O–H groups in total. The van der Waals surface area contributed by atoms with Crippen LogP contribution in [0.5, 0.6) is 0 Å². The molecular weight excluding hydrogens is 310 g/mol. The van der Waals surface area contributed by atoms with Gasteiger partial charge in [-0.25, -0.2) is 4.98 Å². The van der Waals surface area contributed by atoms with Crippen molar-refractivity contribution in [3.63, 3.8) is 0 Å². The van der Waals surface area contributed by atoms with E-state index in [1.165, 1.54) is 0 Å². The molecule has 1 amide bonds. The van der Waals surface area contributed by atoms with E-state index < -0.39 is 0 Å². The molecule has 1 fully saturated rings. The van der Waals surface area contributed by atoms with Crippen molar-refractivity contribution in [2.75, 3.05) is 31.1 Å². The standard InChI is InChI=1S/C17H23N3O2S/c1-4-20(17-18-14-7-5-6-8-15(14)23-17)16(21)11-19-9-12(2)22-13(3)10-19/h5-8,12-13H,4,9-11H2,1-3H3/t12-,13-/m1/s1. The summed E-state index contributed by atoms with van der Waals surface area (Å²) < 4.78 is 6.85. The minimum Gasteiger partial charge on any atom is -0.373 e. The molecule has 1 aliphatic heterocycles. The molecule has 3 rings (SSSR count). The number of morpholine rings is 1. The highest BCUT2D eigenvalue weighted by Crippen LogP contribution is 2.28. The van der Waals surface area contributed by atoms with E-state index in [9.17, 15) is 4.79 Å². The van der Waals surface area contributed by atoms with Gasteiger partial charge in [0.05, 0.1) is 29.0 Å². The molecule has 2 aromatic rings. The Morgan fingerprint density at radius 3 is 2.70 bits per heavy atom. The summed E-state index contributed by atoms with van der Waals surface area (Å²) in [6, 6.07) is 8.00. The molecule has 1 aliphatic rings. The number of thiazole rings is 1. The van der Waals surface area contributed by atoms with E-state index in [1.807, 2.05) is 31.2 Å². The van der Waals surface area contributed by atoms with Crippen LogP contribution in [0.2, 0.25) is 0 Å². The number of aromatic nitrogens is 1. The molecule has 124 valence electrons. The monoisotopic (exact) mass is 333 g/mol. The first-order valence-electron chi connectivity index (χ1n) is 8.10. The van der Waals surface area contributed by atoms with Gasteiger partial charge in [-0.1, -0.05) is 23.5 Å². The fourth-order valence-electron chi connectivity index (χ4n) is 3.08. The minimum absolute atomic E-state index is 0.104. The second-order valence-electron chi connectivity index (χ2n) is 6.05. The third kappa shape index (κ3) is 3.71. The number of benzene rings is 1. The van der Waals surface area contributed by atoms with Gasteiger partial charge in [0.15, 0.2) is 5.13 Å². The molecule has 2 heterocycles. The van der Waals surface area contributed by atoms with Crippen molar-refractivity contribution in [1.82, 2.24) is 9.88 Å². The third-order valence-electron chi connectivity index (χ3n) is 3.98. The molecule has 0 radical (unpaired) electrons. The van der Waals surface area contributed by atoms with Crippen molar-refractivity contribution >= 4 is 32.6 Å². The Morgan fingerprint density at radius 1 is 1.35 bits per heavy atom. The summed E-state index contributed by atoms with van der Waals surface area (Å²) in [6.07, 6.45) is 0.341. The molecule has 0 aliphatic carbocycles. The summed E-state index contributed by atoms with van der Waals surface area (Å²) in [4.78, 5) is 21.3. The van der Waals surface area contributed by atoms with Crippen LogP contribution in [-0.4, -0.2) is 54.2 Å². The predicted octanol–water partition coefficient (Wildman–Crippen LogP) is 2.76. The zero-order chi connectivity index (χ0) is 16.4. The average molecular weight is 333 g/mol. The van der Waals surface area contributed by atoms with E-state index in [2.05, 4.69) is 23.7 Å². The minimum atomic E-state index is 0.104. The number of amides is 1. The average Bonchev–Trinajstić information content (AvgIpc) is 2.90. The first kappa shape index (κ1) is 16.4. The fraction of sp³-hybridized carbons (Fsp3) is 0.529. The second-order valence-corrected chi connectivity index (χ2v) is 7.06. The number of likely N-dealkylation sites (N-methyl/N-ethyl adjacent to an activating group) is 1. The van der Waals surface area contributed by atoms with Crippen molar-refractivity contribution in [1.29, 1.82) is 0 Å². The van der Waals surface area contributed by atoms with Crippen molar-refractivity contribution in [2.24, 2.45) is 0 Å². The summed E-state index contributed by atoms with van der Waals surface area (Å²) >= 11 is 1.57. The maximum absolute atomic E-state index is 12.7. The summed E-state index contributed by atoms with van der Waals surface area (Å²) in [5, 5.41) is 0.785. The van der Waals surface area contributed by atoms with Crippen LogP contribution in [0, 0.1) is 0 Å². The van der Waals surface area contributed by atoms with Crippen molar-refractivity contribution in [2.45, 2.75) is 33.0 Å². The molecule has 1 aromatic heterocycles. The van der Waals surface area contributed by atoms with E-state index in [-0.39, 0.29) is 18.1 Å². The van der Waals surface area contributed by atoms with Crippen LogP contribution >= 0.6 is 11.3 Å². The van der Waals surface area contributed by atoms with Crippen LogP contribution in [0.1, 0.15) is 20.8 Å². The van der Waals surface area contributed by atoms with E-state index in [1.54, 1.807) is 16.2 Å². The smallest absolute Gasteiger partial charge is 0.242 e. The van der Waals surface area contributed by atoms with Gasteiger partial charge >= 0.3 is 0 Å². The number of carbonyl (C=O) groups is 1. The van der Waals surface area contributed by atoms with E-state index in [4.69, 9.17) is 4.74 Å². The maximum atomic E-state index is 12.7. The van der Waals surface area contributed by atoms with Gasteiger partial charge < -0.3 is 4.74 Å². The van der Waals surface area contributed by atoms with Gasteiger partial charge in [0.25, 0.3) is 0 Å². The Balaban J connectivity index is 1.73. The number of ether oxygens (including phenoxy) is 1. The van der Waals surface area contributed by atoms with Crippen LogP contribution in [0.3, 0.4) is 0 Å². The van der Waals surface area contributed by atoms with Gasteiger partial charge in [0.2, 0.25) is 5.91 Å². The fourth-order valence-corrected chi connectivity index (χ4v) is 4.13. The number of fused-ring (bicyclic) bond motifs is 1. The van der Waals surface area contributed by atoms with Crippen LogP contribution in [0.15, 0.2) is 24.3 Å². The lowest BCUT2D eigenvalue weighted by atomic mass is 10.2. The Bertz CT molecular complexity index is 644. The van der Waals surface area contributed by atoms with E-state index in [0.717, 1.165) is 28.4 Å². The lowest BCUT2D eigenvalue weighted by molar-refractivity contribution is -0.123. The van der Waals surface area contributed by atoms with Crippen molar-refractivity contribution in [3.05, 3.63) is 24.3 Å². The predicted molar refractivity (Wildman–Crippen MR) is 94.1 cm³/mol. The van der Waals surface area contributed by atoms with Gasteiger partial charge in [0, 0.05) is 19.6 Å². The van der Waals surface area contributed by atoms with Gasteiger partial charge in [-0.2, -0.15) is 0 Å². The molecule has 0 saturated carbocycles. The zero-order valence-electron chi connectivity index (χ0n) is 13.9. The lowest BCUT2D eigenvalue weighted by Gasteiger charge is -2.35. The van der Waals surface area contributed by atoms with Crippen molar-refractivity contribution in [3.8, 4) is 0 Å². The van der Waals surface area contributed by atoms with E-state index >= 15 is 0 Å². The molecule has 0 spiro atoms. The highest BCUT2D eigenvalue weighted by molar-refractivity contribution is 7.22. The Morgan fingerprint density at radius 2 is 2.04 bits per heavy atom. The van der Waals surface area contributed by atoms with E-state index in [0.29, 0.717) is 13.1 Å². The maximum Gasteiger partial charge on any atom is 0.242 e. The summed E-state index contributed by atoms with van der Waals surface area (Å²) in [5.41, 5.74) is 0.951. The number of hydrogen-bond donors (Lipinski definition) is 0. The number of para-hydroxylation sites is 1. The highest BCUT2D eigenvalue weighted by Gasteiger charge is 2.26. The molecular formula is C17H23N3O2S. The Kier molecular flexibility index (Phi) is 4.94. The normalized spacial score (nSPS) is 22.4. The third-order valence-corrected chi connectivity index (χ3v) is 5.04. The zero-order valence-corrected chi connectivity index (χ0v) is 14.7. The van der Waals surface area contributed by atoms with Crippen LogP contribution in [0.4, 0.5) is 5.13 Å². The van der Waals surface area contributed by atoms with Gasteiger partial charge in [-0.05, 0) is 32.9 Å². The SMILES string of the molecule is CCN(C(=O)CN1C[C@@H](C)O[C@H](C)C1)c1nc2ccccc2s1. The molecule has 5 nitrogen and oxygen atoms in total. The van der Waals surface area contributed by atoms with Crippen LogP contribution in [0.25, 0.3) is 10.2 Å². The number of anilines is 1. The molecule has 1 saturated heterocycles. The largest absolute Gasteiger partial charge is 0.373 e. The van der Waals surface area contributed by atoms with Crippen LogP contribution < -0.4 is 4.90 Å². The Labute approximate surface area is 140 Å². The van der Waals surface area contributed by atoms with Gasteiger partial charge in [-0.15, -0.1) is 0 Å². The molecule has 0 bridgehead atoms. The van der Waals surface area contributed by atoms with Gasteiger partial charge in [-0.3, -0.25) is 14.6 Å². The number of rotatable bonds is 4. The summed E-state index contributed by atoms with van der Waals surface area (Å²) in [5.74, 6) is 0.104. The molecule has 1 aromatic carbocycles. The first-order chi connectivity index (χ1) is 11.1. The molecule has 2 atom stereocenters. The van der Waals surface area contributed by atoms with Crippen molar-refractivity contribution < 1.29 is 9.53 Å². The lowest BCUT2D eigenvalue weighted by Crippen LogP contribution is -2.49. The Hall–Kier alpha value is -1.50. The topological polar surface area (TPSA) is 45.7 Å². The summed E-state index contributed by atoms with van der Waals surface area (Å²) in [7, 11) is 0. The number of carbonyl (C=O) groups excluding carboxylic acids is 1. The van der Waals surface area contributed by atoms with Crippen LogP contribution in [-0.2, 0) is 9.53 Å². The second kappa shape index (κ2) is 6.95. The quantitative estimate of drug-likeness (QED) is 0.863. The number of nitrogens with zero attached hydrogens (tertiary/aromatic N) is 3. The molecule has 23 heavy (non-hydrogen) atoms. The van der Waals surface area contributed by atoms with Gasteiger partial charge in [0.1, 0.15) is 0 Å².